The first-order valence-electron chi connectivity index (χ1n) is 7.37. The van der Waals surface area contributed by atoms with Crippen molar-refractivity contribution >= 4 is 42.1 Å². The van der Waals surface area contributed by atoms with E-state index in [2.05, 4.69) is 9.97 Å². The van der Waals surface area contributed by atoms with E-state index < -0.39 is 30.0 Å². The SMILES string of the molecule is O=S(=O)(O)c1ccc2c(c1)cc(S(=O)(=O)O)c1oc(-c3ccncc3)nc12.[H-].[H-].[Na+].[Na+]. The number of pyridine rings is 1. The van der Waals surface area contributed by atoms with E-state index in [1.807, 2.05) is 0 Å². The Bertz CT molecular complexity index is 1430. The smallest absolute Gasteiger partial charge is 1.00 e. The molecule has 2 aromatic carbocycles. The van der Waals surface area contributed by atoms with Gasteiger partial charge in [-0.2, -0.15) is 16.8 Å². The first kappa shape index (κ1) is 24.4. The summed E-state index contributed by atoms with van der Waals surface area (Å²) in [4.78, 5) is 7.19. The Labute approximate surface area is 212 Å². The van der Waals surface area contributed by atoms with Gasteiger partial charge >= 0.3 is 59.1 Å². The monoisotopic (exact) mass is 454 g/mol. The fourth-order valence-corrected chi connectivity index (χ4v) is 3.89. The summed E-state index contributed by atoms with van der Waals surface area (Å²) in [5.41, 5.74) is 0.482. The van der Waals surface area contributed by atoms with Gasteiger partial charge in [0.2, 0.25) is 5.89 Å². The zero-order chi connectivity index (χ0) is 19.4. The second kappa shape index (κ2) is 8.71. The van der Waals surface area contributed by atoms with E-state index in [0.29, 0.717) is 10.9 Å². The van der Waals surface area contributed by atoms with E-state index in [0.717, 1.165) is 18.2 Å². The second-order valence-electron chi connectivity index (χ2n) is 5.64. The van der Waals surface area contributed by atoms with Crippen molar-refractivity contribution in [3.8, 4) is 11.5 Å². The Kier molecular flexibility index (Phi) is 7.33. The van der Waals surface area contributed by atoms with Gasteiger partial charge in [0, 0.05) is 23.3 Å². The molecule has 29 heavy (non-hydrogen) atoms. The average molecular weight is 454 g/mol. The van der Waals surface area contributed by atoms with Crippen LogP contribution in [0.5, 0.6) is 0 Å². The number of oxazole rings is 1. The van der Waals surface area contributed by atoms with Crippen LogP contribution in [-0.4, -0.2) is 35.9 Å². The van der Waals surface area contributed by atoms with E-state index in [-0.39, 0.29) is 84.3 Å². The number of benzene rings is 2. The van der Waals surface area contributed by atoms with Gasteiger partial charge in [-0.15, -0.1) is 0 Å². The first-order chi connectivity index (χ1) is 12.6. The summed E-state index contributed by atoms with van der Waals surface area (Å²) in [6.45, 7) is 0. The molecular weight excluding hydrogens is 442 g/mol. The zero-order valence-electron chi connectivity index (χ0n) is 17.3. The molecular formula is C16H12N2Na2O7S2. The summed E-state index contributed by atoms with van der Waals surface area (Å²) in [5.74, 6) is 0.101. The predicted octanol–water partition coefficient (Wildman–Crippen LogP) is -3.23. The third-order valence-electron chi connectivity index (χ3n) is 3.92. The number of hydrogen-bond donors (Lipinski definition) is 2. The van der Waals surface area contributed by atoms with Gasteiger partial charge in [-0.3, -0.25) is 14.1 Å². The summed E-state index contributed by atoms with van der Waals surface area (Å²) < 4.78 is 70.7. The van der Waals surface area contributed by atoms with Crippen LogP contribution in [0.3, 0.4) is 0 Å². The van der Waals surface area contributed by atoms with Crippen molar-refractivity contribution in [2.24, 2.45) is 0 Å². The Balaban J connectivity index is 0.00000225. The van der Waals surface area contributed by atoms with Gasteiger partial charge in [0.25, 0.3) is 20.2 Å². The maximum Gasteiger partial charge on any atom is 1.00 e. The summed E-state index contributed by atoms with van der Waals surface area (Å²) in [6.07, 6.45) is 3.01. The van der Waals surface area contributed by atoms with E-state index in [1.165, 1.54) is 18.5 Å². The molecule has 13 heteroatoms. The fraction of sp³-hybridized carbons (Fsp3) is 0. The van der Waals surface area contributed by atoms with Crippen molar-refractivity contribution in [3.05, 3.63) is 48.8 Å². The van der Waals surface area contributed by atoms with Crippen molar-refractivity contribution in [2.45, 2.75) is 9.79 Å². The molecule has 0 radical (unpaired) electrons. The van der Waals surface area contributed by atoms with Crippen LogP contribution in [0, 0.1) is 0 Å². The molecule has 2 heterocycles. The van der Waals surface area contributed by atoms with E-state index in [1.54, 1.807) is 12.1 Å². The third-order valence-corrected chi connectivity index (χ3v) is 5.63. The minimum Gasteiger partial charge on any atom is -1.00 e. The van der Waals surface area contributed by atoms with Crippen LogP contribution in [0.25, 0.3) is 33.3 Å². The molecule has 2 aromatic heterocycles. The quantitative estimate of drug-likeness (QED) is 0.241. The van der Waals surface area contributed by atoms with Gasteiger partial charge in [0.15, 0.2) is 5.58 Å². The molecule has 0 amide bonds. The molecule has 0 bridgehead atoms. The summed E-state index contributed by atoms with van der Waals surface area (Å²) >= 11 is 0. The maximum atomic E-state index is 11.8. The molecule has 142 valence electrons. The molecule has 2 N–H and O–H groups in total. The van der Waals surface area contributed by atoms with Crippen LogP contribution >= 0.6 is 0 Å². The van der Waals surface area contributed by atoms with Gasteiger partial charge in [-0.25, -0.2) is 4.98 Å². The van der Waals surface area contributed by atoms with Crippen LogP contribution < -0.4 is 59.1 Å². The molecule has 0 saturated heterocycles. The number of aromatic nitrogens is 2. The maximum absolute atomic E-state index is 11.8. The third kappa shape index (κ3) is 4.74. The standard InChI is InChI=1S/C16H10N2O7S2.2Na.2H/c19-26(20,21)11-1-2-12-10(7-11)8-13(27(22,23)24)15-14(12)18-16(25-15)9-3-5-17-6-4-9;;;;/h1-8H,(H,19,20,21)(H,22,23,24);;;;/q;2*+1;2*-1. The normalized spacial score (nSPS) is 11.8. The number of rotatable bonds is 3. The largest absolute Gasteiger partial charge is 1.00 e. The molecule has 9 nitrogen and oxygen atoms in total. The zero-order valence-corrected chi connectivity index (χ0v) is 20.9. The van der Waals surface area contributed by atoms with E-state index in [9.17, 15) is 25.9 Å². The van der Waals surface area contributed by atoms with Crippen molar-refractivity contribution < 1.29 is 92.3 Å². The molecule has 0 unspecified atom stereocenters. The molecule has 0 saturated carbocycles. The number of nitrogens with zero attached hydrogens (tertiary/aromatic N) is 2. The van der Waals surface area contributed by atoms with Crippen LogP contribution in [0.4, 0.5) is 0 Å². The van der Waals surface area contributed by atoms with Crippen LogP contribution in [0.2, 0.25) is 0 Å². The fourth-order valence-electron chi connectivity index (χ4n) is 2.72. The minimum atomic E-state index is -4.70. The topological polar surface area (TPSA) is 148 Å². The first-order valence-corrected chi connectivity index (χ1v) is 10.3. The van der Waals surface area contributed by atoms with E-state index in [4.69, 9.17) is 4.42 Å². The Morgan fingerprint density at radius 1 is 0.897 bits per heavy atom. The van der Waals surface area contributed by atoms with Crippen LogP contribution in [0.15, 0.2) is 63.0 Å². The van der Waals surface area contributed by atoms with Gasteiger partial charge < -0.3 is 7.27 Å². The minimum absolute atomic E-state index is 0. The molecule has 4 rings (SSSR count). The van der Waals surface area contributed by atoms with E-state index >= 15 is 0 Å². The average Bonchev–Trinajstić information content (AvgIpc) is 3.05. The van der Waals surface area contributed by atoms with Crippen LogP contribution in [-0.2, 0) is 20.2 Å². The molecule has 4 aromatic rings. The molecule has 0 spiro atoms. The Hall–Kier alpha value is -0.860. The molecule has 0 fully saturated rings. The molecule has 0 atom stereocenters. The van der Waals surface area contributed by atoms with Crippen molar-refractivity contribution in [2.75, 3.05) is 0 Å². The van der Waals surface area contributed by atoms with Gasteiger partial charge in [-0.05, 0) is 35.7 Å². The van der Waals surface area contributed by atoms with Crippen molar-refractivity contribution in [3.63, 3.8) is 0 Å². The number of hydrogen-bond acceptors (Lipinski definition) is 7. The summed E-state index contributed by atoms with van der Waals surface area (Å²) in [5, 5.41) is 0.522. The predicted molar refractivity (Wildman–Crippen MR) is 96.6 cm³/mol. The van der Waals surface area contributed by atoms with Crippen molar-refractivity contribution in [1.29, 1.82) is 0 Å². The number of fused-ring (bicyclic) bond motifs is 3. The Morgan fingerprint density at radius 3 is 2.14 bits per heavy atom. The summed E-state index contributed by atoms with van der Waals surface area (Å²) in [7, 11) is -9.19. The molecule has 0 aliphatic carbocycles. The Morgan fingerprint density at radius 2 is 1.55 bits per heavy atom. The van der Waals surface area contributed by atoms with Crippen molar-refractivity contribution in [1.82, 2.24) is 9.97 Å². The molecule has 0 aliphatic heterocycles. The van der Waals surface area contributed by atoms with Crippen LogP contribution in [0.1, 0.15) is 2.85 Å². The second-order valence-corrected chi connectivity index (χ2v) is 8.45. The van der Waals surface area contributed by atoms with Gasteiger partial charge in [0.05, 0.1) is 4.90 Å². The molecule has 0 aliphatic rings. The van der Waals surface area contributed by atoms with Gasteiger partial charge in [-0.1, -0.05) is 6.07 Å². The van der Waals surface area contributed by atoms with Gasteiger partial charge in [0.1, 0.15) is 10.4 Å². The summed E-state index contributed by atoms with van der Waals surface area (Å²) in [6, 6.07) is 7.88.